The summed E-state index contributed by atoms with van der Waals surface area (Å²) < 4.78 is 0. The van der Waals surface area contributed by atoms with E-state index >= 15 is 0 Å². The Morgan fingerprint density at radius 2 is 1.79 bits per heavy atom. The molecule has 0 aromatic carbocycles. The van der Waals surface area contributed by atoms with Crippen LogP contribution in [-0.4, -0.2) is 34.3 Å². The molecule has 4 heteroatoms. The molecule has 1 unspecified atom stereocenters. The third kappa shape index (κ3) is 2.37. The van der Waals surface area contributed by atoms with E-state index in [1.165, 1.54) is 25.7 Å². The van der Waals surface area contributed by atoms with Crippen molar-refractivity contribution in [2.45, 2.75) is 70.9 Å². The molecular weight excluding hydrogens is 240 g/mol. The largest absolute Gasteiger partial charge is 0.340 e. The van der Waals surface area contributed by atoms with Crippen LogP contribution >= 0.6 is 0 Å². The highest BCUT2D eigenvalue weighted by Crippen LogP contribution is 2.32. The molecule has 2 fully saturated rings. The van der Waals surface area contributed by atoms with Crippen LogP contribution in [0.3, 0.4) is 0 Å². The summed E-state index contributed by atoms with van der Waals surface area (Å²) in [5, 5.41) is 2.91. The molecule has 1 heterocycles. The van der Waals surface area contributed by atoms with Crippen molar-refractivity contribution in [3.05, 3.63) is 0 Å². The van der Waals surface area contributed by atoms with Gasteiger partial charge in [-0.05, 0) is 46.0 Å². The summed E-state index contributed by atoms with van der Waals surface area (Å²) in [5.74, 6) is 0.608. The van der Waals surface area contributed by atoms with Gasteiger partial charge in [0, 0.05) is 6.54 Å². The molecule has 2 aliphatic rings. The van der Waals surface area contributed by atoms with E-state index in [0.717, 1.165) is 6.54 Å². The monoisotopic (exact) mass is 266 g/mol. The Hall–Kier alpha value is -1.06. The average Bonchev–Trinajstić information content (AvgIpc) is 2.86. The highest BCUT2D eigenvalue weighted by Gasteiger charge is 2.51. The Bertz CT molecular complexity index is 386. The predicted octanol–water partition coefficient (Wildman–Crippen LogP) is 2.08. The van der Waals surface area contributed by atoms with Gasteiger partial charge in [0.1, 0.15) is 11.1 Å². The van der Waals surface area contributed by atoms with Crippen LogP contribution in [-0.2, 0) is 9.59 Å². The van der Waals surface area contributed by atoms with Gasteiger partial charge in [-0.15, -0.1) is 0 Å². The van der Waals surface area contributed by atoms with Gasteiger partial charge in [-0.2, -0.15) is 0 Å². The average molecular weight is 266 g/mol. The summed E-state index contributed by atoms with van der Waals surface area (Å²) in [5.41, 5.74) is -1.46. The second-order valence-corrected chi connectivity index (χ2v) is 6.77. The highest BCUT2D eigenvalue weighted by atomic mass is 16.2. The van der Waals surface area contributed by atoms with Crippen molar-refractivity contribution in [1.29, 1.82) is 0 Å². The van der Waals surface area contributed by atoms with Crippen LogP contribution in [0.25, 0.3) is 0 Å². The number of carbonyl (C=O) groups is 2. The van der Waals surface area contributed by atoms with Crippen molar-refractivity contribution in [3.8, 4) is 0 Å². The van der Waals surface area contributed by atoms with Gasteiger partial charge < -0.3 is 10.2 Å². The van der Waals surface area contributed by atoms with Crippen LogP contribution in [0.5, 0.6) is 0 Å². The second-order valence-electron chi connectivity index (χ2n) is 6.77. The van der Waals surface area contributed by atoms with Crippen molar-refractivity contribution in [3.63, 3.8) is 0 Å². The summed E-state index contributed by atoms with van der Waals surface area (Å²) in [7, 11) is 0. The maximum Gasteiger partial charge on any atom is 0.248 e. The van der Waals surface area contributed by atoms with Gasteiger partial charge in [-0.3, -0.25) is 9.59 Å². The van der Waals surface area contributed by atoms with Crippen LogP contribution in [0, 0.1) is 5.92 Å². The minimum Gasteiger partial charge on any atom is -0.340 e. The number of nitrogens with one attached hydrogen (secondary N) is 1. The first kappa shape index (κ1) is 14.4. The topological polar surface area (TPSA) is 49.4 Å². The Kier molecular flexibility index (Phi) is 3.63. The normalized spacial score (nSPS) is 31.7. The number of rotatable bonds is 3. The first-order chi connectivity index (χ1) is 8.81. The van der Waals surface area contributed by atoms with Gasteiger partial charge >= 0.3 is 0 Å². The first-order valence-electron chi connectivity index (χ1n) is 7.46. The van der Waals surface area contributed by atoms with Gasteiger partial charge in [-0.1, -0.05) is 19.8 Å². The molecule has 0 aromatic heterocycles. The van der Waals surface area contributed by atoms with Crippen LogP contribution in [0.1, 0.15) is 59.8 Å². The molecule has 1 aliphatic heterocycles. The zero-order valence-electron chi connectivity index (χ0n) is 12.6. The molecule has 108 valence electrons. The van der Waals surface area contributed by atoms with E-state index in [0.29, 0.717) is 12.3 Å². The van der Waals surface area contributed by atoms with Gasteiger partial charge in [0.15, 0.2) is 0 Å². The third-order valence-corrected chi connectivity index (χ3v) is 4.96. The summed E-state index contributed by atoms with van der Waals surface area (Å²) in [6.07, 6.45) is 5.51. The Morgan fingerprint density at radius 3 is 2.32 bits per heavy atom. The van der Waals surface area contributed by atoms with E-state index in [-0.39, 0.29) is 11.8 Å². The van der Waals surface area contributed by atoms with Crippen molar-refractivity contribution in [1.82, 2.24) is 10.2 Å². The minimum atomic E-state index is -0.731. The molecule has 1 N–H and O–H groups in total. The fourth-order valence-electron chi connectivity index (χ4n) is 3.13. The summed E-state index contributed by atoms with van der Waals surface area (Å²) in [4.78, 5) is 26.9. The zero-order chi connectivity index (χ0) is 14.3. The van der Waals surface area contributed by atoms with Gasteiger partial charge in [0.05, 0.1) is 0 Å². The first-order valence-corrected chi connectivity index (χ1v) is 7.46. The van der Waals surface area contributed by atoms with E-state index in [1.807, 2.05) is 32.6 Å². The Labute approximate surface area is 115 Å². The lowest BCUT2D eigenvalue weighted by molar-refractivity contribution is -0.161. The van der Waals surface area contributed by atoms with E-state index < -0.39 is 11.1 Å². The smallest absolute Gasteiger partial charge is 0.248 e. The lowest BCUT2D eigenvalue weighted by atomic mass is 9.85. The number of nitrogens with zero attached hydrogens (tertiary/aromatic N) is 1. The Balaban J connectivity index is 2.24. The molecule has 2 amide bonds. The quantitative estimate of drug-likeness (QED) is 0.850. The maximum atomic E-state index is 12.7. The minimum absolute atomic E-state index is 0.0329. The summed E-state index contributed by atoms with van der Waals surface area (Å²) in [6, 6.07) is 0. The molecule has 1 saturated heterocycles. The van der Waals surface area contributed by atoms with Crippen molar-refractivity contribution < 1.29 is 9.59 Å². The lowest BCUT2D eigenvalue weighted by Gasteiger charge is -2.49. The summed E-state index contributed by atoms with van der Waals surface area (Å²) in [6.45, 7) is 8.22. The fraction of sp³-hybridized carbons (Fsp3) is 0.867. The van der Waals surface area contributed by atoms with E-state index in [2.05, 4.69) is 5.32 Å². The maximum absolute atomic E-state index is 12.7. The van der Waals surface area contributed by atoms with Gasteiger partial charge in [0.25, 0.3) is 0 Å². The van der Waals surface area contributed by atoms with Crippen LogP contribution in [0.2, 0.25) is 0 Å². The van der Waals surface area contributed by atoms with Gasteiger partial charge in [0.2, 0.25) is 11.8 Å². The standard InChI is InChI=1S/C15H26N2O2/c1-5-15(4)13(19)17(10-11-8-6-7-9-11)14(2,3)12(18)16-15/h11H,5-10H2,1-4H3,(H,16,18). The predicted molar refractivity (Wildman–Crippen MR) is 74.6 cm³/mol. The number of hydrogen-bond acceptors (Lipinski definition) is 2. The molecular formula is C15H26N2O2. The molecule has 1 atom stereocenters. The second kappa shape index (κ2) is 4.80. The van der Waals surface area contributed by atoms with Crippen LogP contribution in [0.4, 0.5) is 0 Å². The Morgan fingerprint density at radius 1 is 1.21 bits per heavy atom. The van der Waals surface area contributed by atoms with Gasteiger partial charge in [-0.25, -0.2) is 0 Å². The third-order valence-electron chi connectivity index (χ3n) is 4.96. The summed E-state index contributed by atoms with van der Waals surface area (Å²) >= 11 is 0. The van der Waals surface area contributed by atoms with Crippen molar-refractivity contribution >= 4 is 11.8 Å². The van der Waals surface area contributed by atoms with E-state index in [1.54, 1.807) is 0 Å². The number of piperazine rings is 1. The SMILES string of the molecule is CCC1(C)NC(=O)C(C)(C)N(CC2CCCC2)C1=O. The zero-order valence-corrected chi connectivity index (χ0v) is 12.6. The van der Waals surface area contributed by atoms with E-state index in [4.69, 9.17) is 0 Å². The number of carbonyl (C=O) groups excluding carboxylic acids is 2. The molecule has 0 spiro atoms. The molecule has 0 radical (unpaired) electrons. The molecule has 2 rings (SSSR count). The van der Waals surface area contributed by atoms with Crippen molar-refractivity contribution in [2.75, 3.05) is 6.54 Å². The lowest BCUT2D eigenvalue weighted by Crippen LogP contribution is -2.73. The van der Waals surface area contributed by atoms with Crippen LogP contribution < -0.4 is 5.32 Å². The molecule has 0 bridgehead atoms. The molecule has 1 saturated carbocycles. The van der Waals surface area contributed by atoms with Crippen LogP contribution in [0.15, 0.2) is 0 Å². The van der Waals surface area contributed by atoms with Crippen molar-refractivity contribution in [2.24, 2.45) is 5.92 Å². The highest BCUT2D eigenvalue weighted by molar-refractivity contribution is 6.01. The number of amides is 2. The molecule has 1 aliphatic carbocycles. The molecule has 4 nitrogen and oxygen atoms in total. The fourth-order valence-corrected chi connectivity index (χ4v) is 3.13. The number of hydrogen-bond donors (Lipinski definition) is 1. The van der Waals surface area contributed by atoms with E-state index in [9.17, 15) is 9.59 Å². The molecule has 0 aromatic rings. The molecule has 19 heavy (non-hydrogen) atoms.